The Bertz CT molecular complexity index is 819. The van der Waals surface area contributed by atoms with Gasteiger partial charge in [-0.25, -0.2) is 18.7 Å². The minimum absolute atomic E-state index is 0.152. The second kappa shape index (κ2) is 5.26. The lowest BCUT2D eigenvalue weighted by atomic mass is 10.2. The third-order valence-electron chi connectivity index (χ3n) is 2.98. The minimum atomic E-state index is -0.699. The Balaban J connectivity index is 2.23. The van der Waals surface area contributed by atoms with E-state index in [1.807, 2.05) is 0 Å². The molecular formula is C15H9ClF2N2O. The van der Waals surface area contributed by atoms with Gasteiger partial charge in [-0.05, 0) is 24.3 Å². The second-order valence-corrected chi connectivity index (χ2v) is 4.74. The normalized spacial score (nSPS) is 10.9. The average molecular weight is 307 g/mol. The molecule has 0 fully saturated rings. The van der Waals surface area contributed by atoms with Gasteiger partial charge in [0, 0.05) is 23.1 Å². The van der Waals surface area contributed by atoms with Crippen molar-refractivity contribution in [1.29, 1.82) is 0 Å². The Morgan fingerprint density at radius 1 is 1.00 bits per heavy atom. The topological polar surface area (TPSA) is 35.0 Å². The number of nitrogens with zero attached hydrogens (tertiary/aromatic N) is 2. The Morgan fingerprint density at radius 3 is 2.38 bits per heavy atom. The Labute approximate surface area is 124 Å². The molecule has 1 aromatic heterocycles. The summed E-state index contributed by atoms with van der Waals surface area (Å²) in [5, 5.41) is 0.848. The fraction of sp³-hybridized carbons (Fsp3) is 0.0667. The van der Waals surface area contributed by atoms with Crippen molar-refractivity contribution in [2.75, 3.05) is 7.11 Å². The van der Waals surface area contributed by atoms with E-state index in [9.17, 15) is 8.78 Å². The summed E-state index contributed by atoms with van der Waals surface area (Å²) in [7, 11) is 1.53. The van der Waals surface area contributed by atoms with Crippen molar-refractivity contribution < 1.29 is 13.5 Å². The first-order chi connectivity index (χ1) is 10.1. The molecule has 0 unspecified atom stereocenters. The Kier molecular flexibility index (Phi) is 3.43. The number of benzene rings is 2. The van der Waals surface area contributed by atoms with E-state index in [1.165, 1.54) is 7.11 Å². The van der Waals surface area contributed by atoms with Crippen molar-refractivity contribution in [2.24, 2.45) is 0 Å². The predicted molar refractivity (Wildman–Crippen MR) is 76.5 cm³/mol. The highest BCUT2D eigenvalue weighted by Crippen LogP contribution is 2.28. The molecule has 0 spiro atoms. The van der Waals surface area contributed by atoms with Crippen LogP contribution in [0.4, 0.5) is 8.78 Å². The van der Waals surface area contributed by atoms with E-state index < -0.39 is 11.6 Å². The number of rotatable bonds is 2. The first kappa shape index (κ1) is 13.7. The lowest BCUT2D eigenvalue weighted by Crippen LogP contribution is -1.94. The molecule has 6 heteroatoms. The lowest BCUT2D eigenvalue weighted by Gasteiger charge is -2.06. The molecule has 0 amide bonds. The molecule has 0 bridgehead atoms. The summed E-state index contributed by atoms with van der Waals surface area (Å²) in [6.07, 6.45) is 0. The number of fused-ring (bicyclic) bond motifs is 1. The van der Waals surface area contributed by atoms with Crippen molar-refractivity contribution in [3.63, 3.8) is 0 Å². The SMILES string of the molecule is COc1ccc2c(Cl)nc(-c3cc(F)cc(F)c3)nc2c1. The molecule has 0 atom stereocenters. The van der Waals surface area contributed by atoms with Crippen molar-refractivity contribution >= 4 is 22.5 Å². The van der Waals surface area contributed by atoms with Gasteiger partial charge in [0.05, 0.1) is 12.6 Å². The molecule has 0 radical (unpaired) electrons. The van der Waals surface area contributed by atoms with Gasteiger partial charge >= 0.3 is 0 Å². The van der Waals surface area contributed by atoms with Gasteiger partial charge in [-0.15, -0.1) is 0 Å². The number of methoxy groups -OCH3 is 1. The number of halogens is 3. The zero-order chi connectivity index (χ0) is 15.0. The van der Waals surface area contributed by atoms with Gasteiger partial charge in [-0.3, -0.25) is 0 Å². The zero-order valence-corrected chi connectivity index (χ0v) is 11.7. The highest BCUT2D eigenvalue weighted by Gasteiger charge is 2.11. The third kappa shape index (κ3) is 2.64. The maximum atomic E-state index is 13.3. The zero-order valence-electron chi connectivity index (χ0n) is 10.9. The van der Waals surface area contributed by atoms with Crippen LogP contribution >= 0.6 is 11.6 Å². The highest BCUT2D eigenvalue weighted by molar-refractivity contribution is 6.34. The molecule has 3 aromatic rings. The number of hydrogen-bond donors (Lipinski definition) is 0. The van der Waals surface area contributed by atoms with Crippen LogP contribution in [0.25, 0.3) is 22.3 Å². The molecule has 0 saturated carbocycles. The van der Waals surface area contributed by atoms with Gasteiger partial charge in [0.15, 0.2) is 5.82 Å². The van der Waals surface area contributed by atoms with Gasteiger partial charge < -0.3 is 4.74 Å². The number of aromatic nitrogens is 2. The van der Waals surface area contributed by atoms with Gasteiger partial charge in [0.2, 0.25) is 0 Å². The van der Waals surface area contributed by atoms with Crippen LogP contribution in [0.3, 0.4) is 0 Å². The smallest absolute Gasteiger partial charge is 0.161 e. The third-order valence-corrected chi connectivity index (χ3v) is 3.27. The van der Waals surface area contributed by atoms with Crippen molar-refractivity contribution in [2.45, 2.75) is 0 Å². The highest BCUT2D eigenvalue weighted by atomic mass is 35.5. The molecular weight excluding hydrogens is 298 g/mol. The summed E-state index contributed by atoms with van der Waals surface area (Å²) in [5.41, 5.74) is 0.758. The van der Waals surface area contributed by atoms with Crippen molar-refractivity contribution in [3.8, 4) is 17.1 Å². The fourth-order valence-electron chi connectivity index (χ4n) is 2.01. The van der Waals surface area contributed by atoms with Crippen LogP contribution in [0, 0.1) is 11.6 Å². The Hall–Kier alpha value is -2.27. The number of ether oxygens (including phenoxy) is 1. The first-order valence-electron chi connectivity index (χ1n) is 6.04. The average Bonchev–Trinajstić information content (AvgIpc) is 2.45. The lowest BCUT2D eigenvalue weighted by molar-refractivity contribution is 0.415. The van der Waals surface area contributed by atoms with Gasteiger partial charge in [0.25, 0.3) is 0 Å². The van der Waals surface area contributed by atoms with Crippen LogP contribution in [-0.4, -0.2) is 17.1 Å². The standard InChI is InChI=1S/C15H9ClF2N2O/c1-21-11-2-3-12-13(7-11)19-15(20-14(12)16)8-4-9(17)6-10(18)5-8/h2-7H,1H3. The van der Waals surface area contributed by atoms with Crippen LogP contribution in [0.2, 0.25) is 5.15 Å². The van der Waals surface area contributed by atoms with E-state index in [0.29, 0.717) is 16.7 Å². The molecule has 106 valence electrons. The minimum Gasteiger partial charge on any atom is -0.497 e. The molecule has 0 aliphatic rings. The van der Waals surface area contributed by atoms with Crippen molar-refractivity contribution in [3.05, 3.63) is 53.2 Å². The predicted octanol–water partition coefficient (Wildman–Crippen LogP) is 4.24. The van der Waals surface area contributed by atoms with E-state index in [0.717, 1.165) is 18.2 Å². The summed E-state index contributed by atoms with van der Waals surface area (Å²) in [6.45, 7) is 0. The van der Waals surface area contributed by atoms with E-state index >= 15 is 0 Å². The monoisotopic (exact) mass is 306 g/mol. The summed E-state index contributed by atoms with van der Waals surface area (Å²) in [4.78, 5) is 8.38. The van der Waals surface area contributed by atoms with Crippen LogP contribution in [0.15, 0.2) is 36.4 Å². The van der Waals surface area contributed by atoms with Gasteiger partial charge in [-0.1, -0.05) is 11.6 Å². The second-order valence-electron chi connectivity index (χ2n) is 4.38. The van der Waals surface area contributed by atoms with Crippen LogP contribution in [0.5, 0.6) is 5.75 Å². The summed E-state index contributed by atoms with van der Waals surface area (Å²) in [5.74, 6) is -0.640. The molecule has 21 heavy (non-hydrogen) atoms. The van der Waals surface area contributed by atoms with E-state index in [1.54, 1.807) is 18.2 Å². The van der Waals surface area contributed by atoms with Crippen LogP contribution < -0.4 is 4.74 Å². The summed E-state index contributed by atoms with van der Waals surface area (Å²) >= 11 is 6.11. The summed E-state index contributed by atoms with van der Waals surface area (Å²) < 4.78 is 31.7. The molecule has 3 rings (SSSR count). The van der Waals surface area contributed by atoms with Gasteiger partial charge in [0.1, 0.15) is 22.5 Å². The van der Waals surface area contributed by atoms with Gasteiger partial charge in [-0.2, -0.15) is 0 Å². The molecule has 2 aromatic carbocycles. The van der Waals surface area contributed by atoms with E-state index in [2.05, 4.69) is 9.97 Å². The molecule has 0 aliphatic heterocycles. The molecule has 3 nitrogen and oxygen atoms in total. The van der Waals surface area contributed by atoms with Crippen LogP contribution in [-0.2, 0) is 0 Å². The summed E-state index contributed by atoms with van der Waals surface area (Å²) in [6, 6.07) is 8.24. The molecule has 0 aliphatic carbocycles. The quantitative estimate of drug-likeness (QED) is 0.664. The number of hydrogen-bond acceptors (Lipinski definition) is 3. The largest absolute Gasteiger partial charge is 0.497 e. The maximum Gasteiger partial charge on any atom is 0.161 e. The maximum absolute atomic E-state index is 13.3. The molecule has 0 saturated heterocycles. The molecule has 1 heterocycles. The van der Waals surface area contributed by atoms with Crippen LogP contribution in [0.1, 0.15) is 0 Å². The van der Waals surface area contributed by atoms with E-state index in [-0.39, 0.29) is 16.5 Å². The van der Waals surface area contributed by atoms with E-state index in [4.69, 9.17) is 16.3 Å². The van der Waals surface area contributed by atoms with Crippen molar-refractivity contribution in [1.82, 2.24) is 9.97 Å². The Morgan fingerprint density at radius 2 is 1.71 bits per heavy atom. The first-order valence-corrected chi connectivity index (χ1v) is 6.42. The molecule has 0 N–H and O–H groups in total. The fourth-order valence-corrected chi connectivity index (χ4v) is 2.25.